The number of esters is 1. The number of nitrogens with zero attached hydrogens (tertiary/aromatic N) is 3. The van der Waals surface area contributed by atoms with Crippen molar-refractivity contribution >= 4 is 5.97 Å². The van der Waals surface area contributed by atoms with Gasteiger partial charge in [0.05, 0.1) is 18.8 Å². The van der Waals surface area contributed by atoms with Gasteiger partial charge in [0, 0.05) is 5.92 Å². The lowest BCUT2D eigenvalue weighted by Crippen LogP contribution is -2.29. The molecule has 0 radical (unpaired) electrons. The van der Waals surface area contributed by atoms with Gasteiger partial charge in [-0.1, -0.05) is 18.6 Å². The van der Waals surface area contributed by atoms with Crippen LogP contribution >= 0.6 is 0 Å². The highest BCUT2D eigenvalue weighted by atomic mass is 16.5. The Hall–Kier alpha value is -1.43. The zero-order valence-electron chi connectivity index (χ0n) is 12.6. The van der Waals surface area contributed by atoms with Gasteiger partial charge in [0.25, 0.3) is 0 Å². The first kappa shape index (κ1) is 15.0. The highest BCUT2D eigenvalue weighted by Crippen LogP contribution is 2.30. The Balaban J connectivity index is 2.36. The lowest BCUT2D eigenvalue weighted by Gasteiger charge is -2.25. The Morgan fingerprint density at radius 2 is 2.20 bits per heavy atom. The Kier molecular flexibility index (Phi) is 5.11. The molecular formula is C14H24N4O2. The van der Waals surface area contributed by atoms with E-state index in [1.165, 1.54) is 7.11 Å². The Labute approximate surface area is 119 Å². The van der Waals surface area contributed by atoms with Gasteiger partial charge in [-0.3, -0.25) is 0 Å². The monoisotopic (exact) mass is 280 g/mol. The number of piperidine rings is 1. The SMILES string of the molecule is CCCC(C)n1nnc(C(=O)OC)c1C1CCNCC1. The van der Waals surface area contributed by atoms with E-state index in [1.54, 1.807) is 0 Å². The van der Waals surface area contributed by atoms with Crippen LogP contribution in [0, 0.1) is 0 Å². The summed E-state index contributed by atoms with van der Waals surface area (Å²) in [6.07, 6.45) is 4.13. The zero-order chi connectivity index (χ0) is 14.5. The summed E-state index contributed by atoms with van der Waals surface area (Å²) >= 11 is 0. The minimum Gasteiger partial charge on any atom is -0.464 e. The molecule has 6 heteroatoms. The van der Waals surface area contributed by atoms with Crippen molar-refractivity contribution in [3.63, 3.8) is 0 Å². The van der Waals surface area contributed by atoms with Crippen LogP contribution in [0.15, 0.2) is 0 Å². The average Bonchev–Trinajstić information content (AvgIpc) is 2.92. The van der Waals surface area contributed by atoms with Crippen molar-refractivity contribution in [2.24, 2.45) is 0 Å². The number of carbonyl (C=O) groups excluding carboxylic acids is 1. The molecule has 0 amide bonds. The van der Waals surface area contributed by atoms with Crippen molar-refractivity contribution in [2.45, 2.75) is 51.5 Å². The van der Waals surface area contributed by atoms with Gasteiger partial charge in [-0.25, -0.2) is 9.48 Å². The van der Waals surface area contributed by atoms with Crippen molar-refractivity contribution in [3.05, 3.63) is 11.4 Å². The van der Waals surface area contributed by atoms with E-state index in [9.17, 15) is 4.79 Å². The predicted octanol–water partition coefficient (Wildman–Crippen LogP) is 1.89. The second-order valence-corrected chi connectivity index (χ2v) is 5.42. The molecule has 1 unspecified atom stereocenters. The minimum atomic E-state index is -0.381. The van der Waals surface area contributed by atoms with Crippen LogP contribution in [0.2, 0.25) is 0 Å². The molecule has 1 aliphatic heterocycles. The normalized spacial score (nSPS) is 17.9. The Morgan fingerprint density at radius 3 is 2.80 bits per heavy atom. The van der Waals surface area contributed by atoms with Crippen molar-refractivity contribution in [2.75, 3.05) is 20.2 Å². The number of hydrogen-bond acceptors (Lipinski definition) is 5. The number of hydrogen-bond donors (Lipinski definition) is 1. The Bertz CT molecular complexity index is 452. The molecule has 0 bridgehead atoms. The molecule has 1 saturated heterocycles. The molecular weight excluding hydrogens is 256 g/mol. The summed E-state index contributed by atoms with van der Waals surface area (Å²) in [5.74, 6) is -0.0480. The molecule has 20 heavy (non-hydrogen) atoms. The first-order valence-electron chi connectivity index (χ1n) is 7.43. The van der Waals surface area contributed by atoms with E-state index in [1.807, 2.05) is 4.68 Å². The molecule has 1 aromatic rings. The number of rotatable bonds is 5. The summed E-state index contributed by atoms with van der Waals surface area (Å²) in [5.41, 5.74) is 1.35. The molecule has 2 heterocycles. The fourth-order valence-electron chi connectivity index (χ4n) is 2.88. The number of aromatic nitrogens is 3. The van der Waals surface area contributed by atoms with Crippen LogP contribution in [0.1, 0.15) is 67.7 Å². The molecule has 0 spiro atoms. The van der Waals surface area contributed by atoms with Gasteiger partial charge in [0.1, 0.15) is 0 Å². The molecule has 0 aliphatic carbocycles. The molecule has 2 rings (SSSR count). The molecule has 6 nitrogen and oxygen atoms in total. The van der Waals surface area contributed by atoms with Gasteiger partial charge in [0.2, 0.25) is 0 Å². The van der Waals surface area contributed by atoms with Crippen molar-refractivity contribution < 1.29 is 9.53 Å². The summed E-state index contributed by atoms with van der Waals surface area (Å²) in [6.45, 7) is 6.22. The molecule has 112 valence electrons. The lowest BCUT2D eigenvalue weighted by molar-refractivity contribution is 0.0591. The fourth-order valence-corrected chi connectivity index (χ4v) is 2.88. The third-order valence-electron chi connectivity index (χ3n) is 3.96. The highest BCUT2D eigenvalue weighted by molar-refractivity contribution is 5.88. The molecule has 1 aromatic heterocycles. The number of nitrogens with one attached hydrogen (secondary N) is 1. The summed E-state index contributed by atoms with van der Waals surface area (Å²) in [4.78, 5) is 11.9. The van der Waals surface area contributed by atoms with Gasteiger partial charge >= 0.3 is 5.97 Å². The van der Waals surface area contributed by atoms with Crippen molar-refractivity contribution in [1.29, 1.82) is 0 Å². The van der Waals surface area contributed by atoms with Gasteiger partial charge < -0.3 is 10.1 Å². The van der Waals surface area contributed by atoms with Gasteiger partial charge in [-0.05, 0) is 39.3 Å². The van der Waals surface area contributed by atoms with Crippen LogP contribution in [-0.2, 0) is 4.74 Å². The lowest BCUT2D eigenvalue weighted by atomic mass is 9.92. The standard InChI is InChI=1S/C14H24N4O2/c1-4-5-10(2)18-13(11-6-8-15-9-7-11)12(16-17-18)14(19)20-3/h10-11,15H,4-9H2,1-3H3. The molecule has 0 aromatic carbocycles. The third-order valence-corrected chi connectivity index (χ3v) is 3.96. The highest BCUT2D eigenvalue weighted by Gasteiger charge is 2.29. The van der Waals surface area contributed by atoms with Crippen LogP contribution in [0.3, 0.4) is 0 Å². The largest absolute Gasteiger partial charge is 0.464 e. The summed E-state index contributed by atoms with van der Waals surface area (Å²) in [7, 11) is 1.39. The summed E-state index contributed by atoms with van der Waals surface area (Å²) < 4.78 is 6.79. The van der Waals surface area contributed by atoms with E-state index >= 15 is 0 Å². The first-order valence-corrected chi connectivity index (χ1v) is 7.43. The number of carbonyl (C=O) groups is 1. The quantitative estimate of drug-likeness (QED) is 0.834. The minimum absolute atomic E-state index is 0.260. The van der Waals surface area contributed by atoms with E-state index in [4.69, 9.17) is 4.74 Å². The topological polar surface area (TPSA) is 69.0 Å². The van der Waals surface area contributed by atoms with Crippen LogP contribution in [-0.4, -0.2) is 41.2 Å². The molecule has 1 aliphatic rings. The maximum Gasteiger partial charge on any atom is 0.360 e. The second-order valence-electron chi connectivity index (χ2n) is 5.42. The summed E-state index contributed by atoms with van der Waals surface area (Å²) in [5, 5.41) is 11.7. The fraction of sp³-hybridized carbons (Fsp3) is 0.786. The van der Waals surface area contributed by atoms with E-state index in [0.717, 1.165) is 44.5 Å². The average molecular weight is 280 g/mol. The van der Waals surface area contributed by atoms with E-state index in [0.29, 0.717) is 11.6 Å². The smallest absolute Gasteiger partial charge is 0.360 e. The number of ether oxygens (including phenoxy) is 1. The van der Waals surface area contributed by atoms with Gasteiger partial charge in [-0.15, -0.1) is 5.10 Å². The van der Waals surface area contributed by atoms with Crippen molar-refractivity contribution in [1.82, 2.24) is 20.3 Å². The summed E-state index contributed by atoms with van der Waals surface area (Å²) in [6, 6.07) is 0.260. The van der Waals surface area contributed by atoms with Crippen molar-refractivity contribution in [3.8, 4) is 0 Å². The molecule has 1 fully saturated rings. The maximum absolute atomic E-state index is 11.9. The molecule has 0 saturated carbocycles. The third kappa shape index (κ3) is 3.00. The second kappa shape index (κ2) is 6.83. The van der Waals surface area contributed by atoms with Crippen LogP contribution in [0.25, 0.3) is 0 Å². The first-order chi connectivity index (χ1) is 9.69. The van der Waals surface area contributed by atoms with Gasteiger partial charge in [-0.2, -0.15) is 0 Å². The van der Waals surface area contributed by atoms with E-state index in [-0.39, 0.29) is 12.0 Å². The van der Waals surface area contributed by atoms with Gasteiger partial charge in [0.15, 0.2) is 5.69 Å². The predicted molar refractivity (Wildman–Crippen MR) is 75.8 cm³/mol. The van der Waals surface area contributed by atoms with Crippen LogP contribution < -0.4 is 5.32 Å². The van der Waals surface area contributed by atoms with E-state index < -0.39 is 0 Å². The zero-order valence-corrected chi connectivity index (χ0v) is 12.6. The van der Waals surface area contributed by atoms with Crippen LogP contribution in [0.5, 0.6) is 0 Å². The Morgan fingerprint density at radius 1 is 1.50 bits per heavy atom. The number of methoxy groups -OCH3 is 1. The van der Waals surface area contributed by atoms with E-state index in [2.05, 4.69) is 29.5 Å². The molecule has 1 N–H and O–H groups in total. The molecule has 1 atom stereocenters. The van der Waals surface area contributed by atoms with Crippen LogP contribution in [0.4, 0.5) is 0 Å². The maximum atomic E-state index is 11.9.